The zero-order chi connectivity index (χ0) is 45.8. The highest BCUT2D eigenvalue weighted by atomic mass is 16.6. The van der Waals surface area contributed by atoms with Gasteiger partial charge < -0.3 is 14.2 Å². The third kappa shape index (κ3) is 50.5. The summed E-state index contributed by atoms with van der Waals surface area (Å²) in [5.74, 6) is -0.873. The van der Waals surface area contributed by atoms with Gasteiger partial charge in [-0.3, -0.25) is 14.4 Å². The number of hydrogen-bond donors (Lipinski definition) is 0. The van der Waals surface area contributed by atoms with Gasteiger partial charge in [-0.25, -0.2) is 0 Å². The maximum Gasteiger partial charge on any atom is 0.306 e. The molecule has 6 nitrogen and oxygen atoms in total. The predicted molar refractivity (Wildman–Crippen MR) is 270 cm³/mol. The third-order valence-electron chi connectivity index (χ3n) is 12.1. The molecule has 0 spiro atoms. The molecule has 368 valence electrons. The fraction of sp³-hybridized carbons (Fsp3) is 0.842. The van der Waals surface area contributed by atoms with E-state index in [1.165, 1.54) is 180 Å². The quantitative estimate of drug-likeness (QED) is 0.0262. The maximum absolute atomic E-state index is 12.6. The number of carbonyl (C=O) groups is 3. The van der Waals surface area contributed by atoms with E-state index in [1.54, 1.807) is 0 Å². The molecular formula is C57H104O6. The average molecular weight is 885 g/mol. The van der Waals surface area contributed by atoms with Crippen LogP contribution in [-0.2, 0) is 28.6 Å². The molecule has 0 bridgehead atoms. The Kier molecular flexibility index (Phi) is 50.3. The number of rotatable bonds is 50. The van der Waals surface area contributed by atoms with Crippen molar-refractivity contribution in [3.05, 3.63) is 36.5 Å². The van der Waals surface area contributed by atoms with Crippen LogP contribution in [-0.4, -0.2) is 37.2 Å². The molecule has 0 radical (unpaired) electrons. The Labute approximate surface area is 391 Å². The van der Waals surface area contributed by atoms with Gasteiger partial charge in [0.25, 0.3) is 0 Å². The minimum atomic E-state index is -0.762. The number of esters is 3. The molecule has 63 heavy (non-hydrogen) atoms. The fourth-order valence-electron chi connectivity index (χ4n) is 7.98. The summed E-state index contributed by atoms with van der Waals surface area (Å²) < 4.78 is 16.6. The van der Waals surface area contributed by atoms with Gasteiger partial charge in [0.1, 0.15) is 13.2 Å². The van der Waals surface area contributed by atoms with Crippen LogP contribution in [0.15, 0.2) is 36.5 Å². The van der Waals surface area contributed by atoms with E-state index < -0.39 is 6.10 Å². The minimum absolute atomic E-state index is 0.0683. The molecular weight excluding hydrogens is 781 g/mol. The molecule has 0 aromatic carbocycles. The average Bonchev–Trinajstić information content (AvgIpc) is 3.28. The Morgan fingerprint density at radius 2 is 0.571 bits per heavy atom. The molecule has 1 unspecified atom stereocenters. The summed E-state index contributed by atoms with van der Waals surface area (Å²) in [6.45, 7) is 6.56. The number of unbranched alkanes of at least 4 members (excludes halogenated alkanes) is 33. The Hall–Kier alpha value is -2.37. The predicted octanol–water partition coefficient (Wildman–Crippen LogP) is 18.1. The summed E-state index contributed by atoms with van der Waals surface area (Å²) >= 11 is 0. The van der Waals surface area contributed by atoms with Crippen LogP contribution in [0, 0.1) is 0 Å². The summed E-state index contributed by atoms with van der Waals surface area (Å²) in [6.07, 6.45) is 62.0. The van der Waals surface area contributed by atoms with Crippen molar-refractivity contribution in [2.45, 2.75) is 297 Å². The summed E-state index contributed by atoms with van der Waals surface area (Å²) in [5, 5.41) is 0. The normalized spacial score (nSPS) is 12.2. The SMILES string of the molecule is CCCCCCC/C=C\C/C=C\C/C=C\CCCCCCCCCCCCCCCCCCC(=O)OCC(COC(=O)CCCCCCCCC)OC(=O)CCCCCCCCC. The molecule has 0 N–H and O–H groups in total. The van der Waals surface area contributed by atoms with E-state index in [1.807, 2.05) is 0 Å². The molecule has 0 aromatic heterocycles. The molecule has 0 saturated carbocycles. The lowest BCUT2D eigenvalue weighted by Gasteiger charge is -2.18. The second kappa shape index (κ2) is 52.3. The van der Waals surface area contributed by atoms with Crippen molar-refractivity contribution in [3.8, 4) is 0 Å². The topological polar surface area (TPSA) is 78.9 Å². The highest BCUT2D eigenvalue weighted by molar-refractivity contribution is 5.71. The Bertz CT molecular complexity index is 1060. The molecule has 0 aromatic rings. The van der Waals surface area contributed by atoms with Crippen LogP contribution in [0.3, 0.4) is 0 Å². The first-order chi connectivity index (χ1) is 31.0. The van der Waals surface area contributed by atoms with Gasteiger partial charge in [-0.1, -0.05) is 250 Å². The highest BCUT2D eigenvalue weighted by Crippen LogP contribution is 2.16. The maximum atomic E-state index is 12.6. The van der Waals surface area contributed by atoms with Gasteiger partial charge in [0, 0.05) is 19.3 Å². The van der Waals surface area contributed by atoms with Crippen molar-refractivity contribution in [3.63, 3.8) is 0 Å². The summed E-state index contributed by atoms with van der Waals surface area (Å²) in [5.41, 5.74) is 0. The molecule has 0 heterocycles. The fourth-order valence-corrected chi connectivity index (χ4v) is 7.98. The number of allylic oxidation sites excluding steroid dienone is 6. The van der Waals surface area contributed by atoms with Crippen molar-refractivity contribution in [1.29, 1.82) is 0 Å². The van der Waals surface area contributed by atoms with Gasteiger partial charge in [-0.15, -0.1) is 0 Å². The van der Waals surface area contributed by atoms with Crippen molar-refractivity contribution in [2.24, 2.45) is 0 Å². The molecule has 0 aliphatic carbocycles. The van der Waals surface area contributed by atoms with Gasteiger partial charge in [0.05, 0.1) is 0 Å². The van der Waals surface area contributed by atoms with Crippen molar-refractivity contribution in [2.75, 3.05) is 13.2 Å². The molecule has 6 heteroatoms. The van der Waals surface area contributed by atoms with Crippen LogP contribution >= 0.6 is 0 Å². The highest BCUT2D eigenvalue weighted by Gasteiger charge is 2.19. The van der Waals surface area contributed by atoms with E-state index in [4.69, 9.17) is 14.2 Å². The van der Waals surface area contributed by atoms with Gasteiger partial charge in [-0.05, 0) is 57.8 Å². The lowest BCUT2D eigenvalue weighted by molar-refractivity contribution is -0.167. The molecule has 0 aliphatic rings. The minimum Gasteiger partial charge on any atom is -0.462 e. The van der Waals surface area contributed by atoms with E-state index in [2.05, 4.69) is 57.2 Å². The van der Waals surface area contributed by atoms with Crippen LogP contribution < -0.4 is 0 Å². The summed E-state index contributed by atoms with van der Waals surface area (Å²) in [4.78, 5) is 37.6. The van der Waals surface area contributed by atoms with Crippen LogP contribution in [0.1, 0.15) is 290 Å². The summed E-state index contributed by atoms with van der Waals surface area (Å²) in [7, 11) is 0. The number of ether oxygens (including phenoxy) is 3. The third-order valence-corrected chi connectivity index (χ3v) is 12.1. The van der Waals surface area contributed by atoms with Crippen LogP contribution in [0.5, 0.6) is 0 Å². The zero-order valence-electron chi connectivity index (χ0n) is 42.1. The Balaban J connectivity index is 3.87. The van der Waals surface area contributed by atoms with Crippen molar-refractivity contribution >= 4 is 17.9 Å². The van der Waals surface area contributed by atoms with E-state index in [0.717, 1.165) is 70.6 Å². The zero-order valence-corrected chi connectivity index (χ0v) is 42.1. The summed E-state index contributed by atoms with van der Waals surface area (Å²) in [6, 6.07) is 0. The second-order valence-corrected chi connectivity index (χ2v) is 18.5. The molecule has 0 aliphatic heterocycles. The lowest BCUT2D eigenvalue weighted by atomic mass is 10.0. The van der Waals surface area contributed by atoms with E-state index in [9.17, 15) is 14.4 Å². The Morgan fingerprint density at radius 1 is 0.317 bits per heavy atom. The van der Waals surface area contributed by atoms with Gasteiger partial charge in [-0.2, -0.15) is 0 Å². The van der Waals surface area contributed by atoms with Crippen LogP contribution in [0.25, 0.3) is 0 Å². The number of hydrogen-bond acceptors (Lipinski definition) is 6. The molecule has 0 fully saturated rings. The standard InChI is InChI=1S/C57H104O6/c1-4-7-10-13-16-17-18-19-20-21-22-23-24-25-26-27-28-29-30-31-32-33-34-35-36-37-38-39-42-44-47-50-56(59)62-53-54(63-57(60)51-48-45-41-15-12-9-6-3)52-61-55(58)49-46-43-40-14-11-8-5-2/h18-19,21-22,24-25,54H,4-17,20,23,26-53H2,1-3H3/b19-18-,22-21-,25-24-. The van der Waals surface area contributed by atoms with Gasteiger partial charge in [0.15, 0.2) is 6.10 Å². The lowest BCUT2D eigenvalue weighted by Crippen LogP contribution is -2.30. The smallest absolute Gasteiger partial charge is 0.306 e. The first kappa shape index (κ1) is 60.6. The van der Waals surface area contributed by atoms with Crippen LogP contribution in [0.2, 0.25) is 0 Å². The van der Waals surface area contributed by atoms with Crippen molar-refractivity contribution in [1.82, 2.24) is 0 Å². The first-order valence-electron chi connectivity index (χ1n) is 27.5. The monoisotopic (exact) mass is 885 g/mol. The van der Waals surface area contributed by atoms with E-state index >= 15 is 0 Å². The molecule has 1 atom stereocenters. The largest absolute Gasteiger partial charge is 0.462 e. The second-order valence-electron chi connectivity index (χ2n) is 18.5. The number of carbonyl (C=O) groups excluding carboxylic acids is 3. The van der Waals surface area contributed by atoms with E-state index in [-0.39, 0.29) is 31.1 Å². The van der Waals surface area contributed by atoms with E-state index in [0.29, 0.717) is 19.3 Å². The Morgan fingerprint density at radius 3 is 0.889 bits per heavy atom. The first-order valence-corrected chi connectivity index (χ1v) is 27.5. The van der Waals surface area contributed by atoms with Crippen molar-refractivity contribution < 1.29 is 28.6 Å². The van der Waals surface area contributed by atoms with Gasteiger partial charge in [0.2, 0.25) is 0 Å². The molecule has 0 rings (SSSR count). The molecule has 0 saturated heterocycles. The molecule has 0 amide bonds. The van der Waals surface area contributed by atoms with Crippen LogP contribution in [0.4, 0.5) is 0 Å². The van der Waals surface area contributed by atoms with Gasteiger partial charge >= 0.3 is 17.9 Å².